The molecule has 0 radical (unpaired) electrons. The normalized spacial score (nSPS) is 13.3. The summed E-state index contributed by atoms with van der Waals surface area (Å²) in [7, 11) is -2.16. The van der Waals surface area contributed by atoms with Gasteiger partial charge < -0.3 is 5.32 Å². The van der Waals surface area contributed by atoms with Gasteiger partial charge in [0.1, 0.15) is 0 Å². The zero-order chi connectivity index (χ0) is 21.0. The molecule has 0 spiro atoms. The van der Waals surface area contributed by atoms with Crippen molar-refractivity contribution < 1.29 is 18.0 Å². The number of hydrogen-bond acceptors (Lipinski definition) is 4. The summed E-state index contributed by atoms with van der Waals surface area (Å²) in [6.45, 7) is 1.66. The molecule has 1 amide bonds. The first-order valence-electron chi connectivity index (χ1n) is 9.76. The Hall–Kier alpha value is -2.51. The number of anilines is 1. The van der Waals surface area contributed by atoms with Crippen molar-refractivity contribution in [2.24, 2.45) is 0 Å². The molecule has 7 heteroatoms. The van der Waals surface area contributed by atoms with Crippen molar-refractivity contribution in [3.05, 3.63) is 59.2 Å². The van der Waals surface area contributed by atoms with Crippen LogP contribution in [-0.2, 0) is 27.7 Å². The second-order valence-electron chi connectivity index (χ2n) is 7.40. The lowest BCUT2D eigenvalue weighted by molar-refractivity contribution is -0.116. The van der Waals surface area contributed by atoms with Crippen molar-refractivity contribution in [2.45, 2.75) is 43.9 Å². The summed E-state index contributed by atoms with van der Waals surface area (Å²) in [5, 5.41) is 2.89. The van der Waals surface area contributed by atoms with Gasteiger partial charge in [0.05, 0.1) is 4.90 Å². The second-order valence-corrected chi connectivity index (χ2v) is 9.44. The number of carbonyl (C=O) groups excluding carboxylic acids is 2. The summed E-state index contributed by atoms with van der Waals surface area (Å²) in [6, 6.07) is 11.9. The first-order valence-corrected chi connectivity index (χ1v) is 11.2. The third kappa shape index (κ3) is 5.10. The fourth-order valence-corrected chi connectivity index (χ4v) is 4.71. The molecule has 2 aromatic rings. The minimum Gasteiger partial charge on any atom is -0.326 e. The molecule has 0 unspecified atom stereocenters. The molecule has 6 nitrogen and oxygen atoms in total. The highest BCUT2D eigenvalue weighted by molar-refractivity contribution is 7.89. The number of fused-ring (bicyclic) bond motifs is 1. The molecular weight excluding hydrogens is 388 g/mol. The SMILES string of the molecule is CC(=O)c1ccc(S(=O)(=O)N(C)CCCC(=O)Nc2ccc3c(c2)CCC3)cc1. The van der Waals surface area contributed by atoms with E-state index in [1.54, 1.807) is 0 Å². The van der Waals surface area contributed by atoms with Crippen molar-refractivity contribution in [1.82, 2.24) is 4.31 Å². The Kier molecular flexibility index (Phi) is 6.49. The van der Waals surface area contributed by atoms with E-state index in [4.69, 9.17) is 0 Å². The Labute approximate surface area is 172 Å². The molecule has 1 aliphatic carbocycles. The molecule has 0 bridgehead atoms. The standard InChI is InChI=1S/C22H26N2O4S/c1-16(25)17-9-12-21(13-10-17)29(27,28)24(2)14-4-7-22(26)23-20-11-8-18-5-3-6-19(18)15-20/h8-13,15H,3-7,14H2,1-2H3,(H,23,26). The highest BCUT2D eigenvalue weighted by Gasteiger charge is 2.21. The van der Waals surface area contributed by atoms with Gasteiger partial charge in [-0.05, 0) is 68.0 Å². The molecule has 0 saturated carbocycles. The van der Waals surface area contributed by atoms with Crippen LogP contribution in [0.2, 0.25) is 0 Å². The van der Waals surface area contributed by atoms with Crippen molar-refractivity contribution in [3.63, 3.8) is 0 Å². The lowest BCUT2D eigenvalue weighted by Crippen LogP contribution is -2.28. The predicted molar refractivity (Wildman–Crippen MR) is 113 cm³/mol. The number of rotatable bonds is 8. The monoisotopic (exact) mass is 414 g/mol. The van der Waals surface area contributed by atoms with E-state index < -0.39 is 10.0 Å². The van der Waals surface area contributed by atoms with Crippen LogP contribution in [0.15, 0.2) is 47.4 Å². The Morgan fingerprint density at radius 2 is 1.72 bits per heavy atom. The Balaban J connectivity index is 1.51. The van der Waals surface area contributed by atoms with Gasteiger partial charge >= 0.3 is 0 Å². The van der Waals surface area contributed by atoms with Gasteiger partial charge in [-0.2, -0.15) is 0 Å². The van der Waals surface area contributed by atoms with Gasteiger partial charge in [-0.3, -0.25) is 9.59 Å². The minimum atomic E-state index is -3.65. The molecule has 0 aliphatic heterocycles. The number of Topliss-reactive ketones (excluding diaryl/α,β-unsaturated/α-hetero) is 1. The molecule has 3 rings (SSSR count). The number of amides is 1. The molecular formula is C22H26N2O4S. The van der Waals surface area contributed by atoms with E-state index in [1.807, 2.05) is 12.1 Å². The molecule has 1 N–H and O–H groups in total. The maximum Gasteiger partial charge on any atom is 0.242 e. The van der Waals surface area contributed by atoms with E-state index >= 15 is 0 Å². The summed E-state index contributed by atoms with van der Waals surface area (Å²) in [5.41, 5.74) is 3.91. The highest BCUT2D eigenvalue weighted by Crippen LogP contribution is 2.25. The number of carbonyl (C=O) groups is 2. The number of benzene rings is 2. The molecule has 0 atom stereocenters. The molecule has 29 heavy (non-hydrogen) atoms. The molecule has 0 heterocycles. The Morgan fingerprint density at radius 3 is 2.41 bits per heavy atom. The number of sulfonamides is 1. The summed E-state index contributed by atoms with van der Waals surface area (Å²) in [6.07, 6.45) is 3.96. The van der Waals surface area contributed by atoms with Crippen LogP contribution >= 0.6 is 0 Å². The second kappa shape index (κ2) is 8.88. The zero-order valence-electron chi connectivity index (χ0n) is 16.8. The van der Waals surface area contributed by atoms with Gasteiger partial charge in [0.2, 0.25) is 15.9 Å². The number of aryl methyl sites for hydroxylation is 2. The number of hydrogen-bond donors (Lipinski definition) is 1. The first kappa shape index (κ1) is 21.2. The van der Waals surface area contributed by atoms with Gasteiger partial charge in [-0.15, -0.1) is 0 Å². The van der Waals surface area contributed by atoms with Crippen molar-refractivity contribution >= 4 is 27.4 Å². The minimum absolute atomic E-state index is 0.114. The third-order valence-corrected chi connectivity index (χ3v) is 7.10. The lowest BCUT2D eigenvalue weighted by Gasteiger charge is -2.17. The van der Waals surface area contributed by atoms with Crippen molar-refractivity contribution in [1.29, 1.82) is 0 Å². The maximum atomic E-state index is 12.6. The molecule has 1 aliphatic rings. The molecule has 0 saturated heterocycles. The molecule has 0 fully saturated rings. The highest BCUT2D eigenvalue weighted by atomic mass is 32.2. The molecule has 154 valence electrons. The van der Waals surface area contributed by atoms with E-state index in [9.17, 15) is 18.0 Å². The van der Waals surface area contributed by atoms with E-state index in [1.165, 1.54) is 53.7 Å². The first-order chi connectivity index (χ1) is 13.8. The summed E-state index contributed by atoms with van der Waals surface area (Å²) in [4.78, 5) is 23.7. The van der Waals surface area contributed by atoms with Crippen LogP contribution < -0.4 is 5.32 Å². The maximum absolute atomic E-state index is 12.6. The lowest BCUT2D eigenvalue weighted by atomic mass is 10.1. The van der Waals surface area contributed by atoms with Crippen LogP contribution in [0.3, 0.4) is 0 Å². The number of ketones is 1. The van der Waals surface area contributed by atoms with Gasteiger partial charge in [0.15, 0.2) is 5.78 Å². The molecule has 0 aromatic heterocycles. The largest absolute Gasteiger partial charge is 0.326 e. The molecule has 2 aromatic carbocycles. The van der Waals surface area contributed by atoms with E-state index in [-0.39, 0.29) is 29.6 Å². The summed E-state index contributed by atoms with van der Waals surface area (Å²) in [5.74, 6) is -0.240. The van der Waals surface area contributed by atoms with Crippen LogP contribution in [0.25, 0.3) is 0 Å². The quantitative estimate of drug-likeness (QED) is 0.671. The summed E-state index contributed by atoms with van der Waals surface area (Å²) >= 11 is 0. The van der Waals surface area contributed by atoms with Gasteiger partial charge in [-0.1, -0.05) is 18.2 Å². The predicted octanol–water partition coefficient (Wildman–Crippen LogP) is 3.42. The third-order valence-electron chi connectivity index (χ3n) is 5.23. The number of nitrogens with zero attached hydrogens (tertiary/aromatic N) is 1. The van der Waals surface area contributed by atoms with Gasteiger partial charge in [0.25, 0.3) is 0 Å². The van der Waals surface area contributed by atoms with Crippen LogP contribution in [0.5, 0.6) is 0 Å². The van der Waals surface area contributed by atoms with Crippen LogP contribution in [0.1, 0.15) is 47.7 Å². The van der Waals surface area contributed by atoms with Crippen molar-refractivity contribution in [3.8, 4) is 0 Å². The average Bonchev–Trinajstić information content (AvgIpc) is 3.15. The smallest absolute Gasteiger partial charge is 0.242 e. The van der Waals surface area contributed by atoms with Crippen LogP contribution in [0, 0.1) is 0 Å². The van der Waals surface area contributed by atoms with E-state index in [0.29, 0.717) is 12.0 Å². The van der Waals surface area contributed by atoms with Gasteiger partial charge in [0, 0.05) is 31.3 Å². The van der Waals surface area contributed by atoms with Gasteiger partial charge in [-0.25, -0.2) is 12.7 Å². The fourth-order valence-electron chi connectivity index (χ4n) is 3.50. The van der Waals surface area contributed by atoms with E-state index in [0.717, 1.165) is 24.9 Å². The van der Waals surface area contributed by atoms with E-state index in [2.05, 4.69) is 11.4 Å². The van der Waals surface area contributed by atoms with Crippen molar-refractivity contribution in [2.75, 3.05) is 18.9 Å². The average molecular weight is 415 g/mol. The Bertz CT molecular complexity index is 1010. The fraction of sp³-hybridized carbons (Fsp3) is 0.364. The van der Waals surface area contributed by atoms with Crippen LogP contribution in [0.4, 0.5) is 5.69 Å². The number of nitrogens with one attached hydrogen (secondary N) is 1. The van der Waals surface area contributed by atoms with Crippen LogP contribution in [-0.4, -0.2) is 38.0 Å². The Morgan fingerprint density at radius 1 is 1.03 bits per heavy atom. The topological polar surface area (TPSA) is 83.6 Å². The zero-order valence-corrected chi connectivity index (χ0v) is 17.6. The summed E-state index contributed by atoms with van der Waals surface area (Å²) < 4.78 is 26.5.